The molecule has 1 aliphatic rings. The standard InChI is InChI=1S/C16H20N4O.HI/c1-19(13-7-8-13)16(17)18-10-12-9-11-5-3-4-6-14(11)20(2)15(12)21;/h3-6,9,13H,7-8,10H2,1-2H3,(H2,17,18);1H. The highest BCUT2D eigenvalue weighted by Crippen LogP contribution is 2.24. The molecule has 2 N–H and O–H groups in total. The third-order valence-corrected chi connectivity index (χ3v) is 4.07. The third-order valence-electron chi connectivity index (χ3n) is 4.07. The van der Waals surface area contributed by atoms with Gasteiger partial charge in [0.25, 0.3) is 5.56 Å². The number of para-hydroxylation sites is 1. The zero-order valence-electron chi connectivity index (χ0n) is 12.8. The van der Waals surface area contributed by atoms with E-state index in [1.165, 1.54) is 12.8 Å². The second-order valence-corrected chi connectivity index (χ2v) is 5.61. The largest absolute Gasteiger partial charge is 0.370 e. The molecule has 0 aliphatic heterocycles. The van der Waals surface area contributed by atoms with Crippen molar-refractivity contribution < 1.29 is 0 Å². The topological polar surface area (TPSA) is 63.6 Å². The summed E-state index contributed by atoms with van der Waals surface area (Å²) in [6.45, 7) is 0.320. The highest BCUT2D eigenvalue weighted by molar-refractivity contribution is 14.0. The van der Waals surface area contributed by atoms with Crippen LogP contribution in [0.3, 0.4) is 0 Å². The number of pyridine rings is 1. The van der Waals surface area contributed by atoms with Gasteiger partial charge in [-0.25, -0.2) is 4.99 Å². The second-order valence-electron chi connectivity index (χ2n) is 5.61. The van der Waals surface area contributed by atoms with Gasteiger partial charge >= 0.3 is 0 Å². The van der Waals surface area contributed by atoms with Crippen LogP contribution in [0.15, 0.2) is 40.1 Å². The number of hydrogen-bond acceptors (Lipinski definition) is 2. The molecule has 22 heavy (non-hydrogen) atoms. The third kappa shape index (κ3) is 3.26. The predicted molar refractivity (Wildman–Crippen MR) is 101 cm³/mol. The Kier molecular flexibility index (Phi) is 5.10. The molecule has 0 amide bonds. The average Bonchev–Trinajstić information content (AvgIpc) is 3.33. The summed E-state index contributed by atoms with van der Waals surface area (Å²) < 4.78 is 1.67. The fraction of sp³-hybridized carbons (Fsp3) is 0.375. The summed E-state index contributed by atoms with van der Waals surface area (Å²) in [4.78, 5) is 18.7. The SMILES string of the molecule is CN(C(N)=NCc1cc2ccccc2n(C)c1=O)C1CC1.I. The molecule has 0 unspecified atom stereocenters. The van der Waals surface area contributed by atoms with Crippen molar-refractivity contribution in [1.82, 2.24) is 9.47 Å². The van der Waals surface area contributed by atoms with Crippen LogP contribution in [0.4, 0.5) is 0 Å². The molecular formula is C16H21IN4O. The second kappa shape index (κ2) is 6.68. The Balaban J connectivity index is 0.00000176. The van der Waals surface area contributed by atoms with Crippen molar-refractivity contribution in [3.8, 4) is 0 Å². The summed E-state index contributed by atoms with van der Waals surface area (Å²) in [7, 11) is 3.74. The number of benzene rings is 1. The van der Waals surface area contributed by atoms with Gasteiger partial charge < -0.3 is 15.2 Å². The Labute approximate surface area is 146 Å². The molecule has 1 aromatic heterocycles. The first kappa shape index (κ1) is 16.8. The Hall–Kier alpha value is -1.57. The summed E-state index contributed by atoms with van der Waals surface area (Å²) in [6, 6.07) is 10.3. The maximum atomic E-state index is 12.4. The van der Waals surface area contributed by atoms with E-state index >= 15 is 0 Å². The van der Waals surface area contributed by atoms with Gasteiger partial charge in [0, 0.05) is 25.7 Å². The van der Waals surface area contributed by atoms with Gasteiger partial charge in [0.15, 0.2) is 5.96 Å². The molecule has 0 bridgehead atoms. The van der Waals surface area contributed by atoms with E-state index in [2.05, 4.69) is 4.99 Å². The molecule has 0 radical (unpaired) electrons. The lowest BCUT2D eigenvalue weighted by molar-refractivity contribution is 0.487. The first-order chi connectivity index (χ1) is 10.1. The molecule has 118 valence electrons. The van der Waals surface area contributed by atoms with E-state index in [0.29, 0.717) is 24.1 Å². The van der Waals surface area contributed by atoms with Gasteiger partial charge in [0.05, 0.1) is 12.1 Å². The maximum absolute atomic E-state index is 12.4. The van der Waals surface area contributed by atoms with Crippen LogP contribution in [0.5, 0.6) is 0 Å². The monoisotopic (exact) mass is 412 g/mol. The van der Waals surface area contributed by atoms with E-state index in [1.54, 1.807) is 11.6 Å². The molecule has 2 aromatic rings. The van der Waals surface area contributed by atoms with Crippen LogP contribution in [0, 0.1) is 0 Å². The molecule has 1 fully saturated rings. The van der Waals surface area contributed by atoms with Gasteiger partial charge in [-0.3, -0.25) is 4.79 Å². The van der Waals surface area contributed by atoms with Crippen molar-refractivity contribution in [2.75, 3.05) is 7.05 Å². The molecule has 1 heterocycles. The summed E-state index contributed by atoms with van der Waals surface area (Å²) in [6.07, 6.45) is 2.34. The van der Waals surface area contributed by atoms with Crippen LogP contribution in [-0.4, -0.2) is 28.5 Å². The number of aryl methyl sites for hydroxylation is 1. The fourth-order valence-electron chi connectivity index (χ4n) is 2.53. The number of fused-ring (bicyclic) bond motifs is 1. The zero-order chi connectivity index (χ0) is 15.0. The smallest absolute Gasteiger partial charge is 0.255 e. The minimum atomic E-state index is -0.0145. The van der Waals surface area contributed by atoms with Gasteiger partial charge in [-0.15, -0.1) is 24.0 Å². The summed E-state index contributed by atoms with van der Waals surface area (Å²) in [5.74, 6) is 0.507. The number of halogens is 1. The van der Waals surface area contributed by atoms with Gasteiger partial charge in [-0.1, -0.05) is 18.2 Å². The van der Waals surface area contributed by atoms with E-state index in [0.717, 1.165) is 10.9 Å². The maximum Gasteiger partial charge on any atom is 0.255 e. The molecule has 1 saturated carbocycles. The Bertz CT molecular complexity index is 764. The molecule has 6 heteroatoms. The molecule has 5 nitrogen and oxygen atoms in total. The first-order valence-corrected chi connectivity index (χ1v) is 7.18. The molecule has 0 spiro atoms. The predicted octanol–water partition coefficient (Wildman–Crippen LogP) is 2.07. The minimum Gasteiger partial charge on any atom is -0.370 e. The lowest BCUT2D eigenvalue weighted by Crippen LogP contribution is -2.35. The highest BCUT2D eigenvalue weighted by Gasteiger charge is 2.27. The number of nitrogens with zero attached hydrogens (tertiary/aromatic N) is 3. The van der Waals surface area contributed by atoms with Crippen LogP contribution < -0.4 is 11.3 Å². The number of aromatic nitrogens is 1. The van der Waals surface area contributed by atoms with Crippen LogP contribution in [0.1, 0.15) is 18.4 Å². The van der Waals surface area contributed by atoms with Crippen LogP contribution in [0.25, 0.3) is 10.9 Å². The number of aliphatic imine (C=N–C) groups is 1. The molecular weight excluding hydrogens is 391 g/mol. The molecule has 1 aliphatic carbocycles. The van der Waals surface area contributed by atoms with Gasteiger partial charge in [-0.05, 0) is 30.4 Å². The van der Waals surface area contributed by atoms with E-state index in [1.807, 2.05) is 42.3 Å². The molecule has 3 rings (SSSR count). The first-order valence-electron chi connectivity index (χ1n) is 7.18. The normalized spacial score (nSPS) is 14.7. The molecule has 0 atom stereocenters. The van der Waals surface area contributed by atoms with Gasteiger partial charge in [-0.2, -0.15) is 0 Å². The van der Waals surface area contributed by atoms with E-state index in [9.17, 15) is 4.79 Å². The van der Waals surface area contributed by atoms with Crippen molar-refractivity contribution in [3.63, 3.8) is 0 Å². The van der Waals surface area contributed by atoms with Gasteiger partial charge in [0.2, 0.25) is 0 Å². The summed E-state index contributed by atoms with van der Waals surface area (Å²) in [5, 5.41) is 1.04. The number of guanidine groups is 1. The Morgan fingerprint density at radius 1 is 1.41 bits per heavy atom. The highest BCUT2D eigenvalue weighted by atomic mass is 127. The van der Waals surface area contributed by atoms with E-state index in [4.69, 9.17) is 5.73 Å². The van der Waals surface area contributed by atoms with Crippen LogP contribution in [0.2, 0.25) is 0 Å². The fourth-order valence-corrected chi connectivity index (χ4v) is 2.53. The van der Waals surface area contributed by atoms with E-state index < -0.39 is 0 Å². The summed E-state index contributed by atoms with van der Waals surface area (Å²) in [5.41, 5.74) is 7.56. The summed E-state index contributed by atoms with van der Waals surface area (Å²) >= 11 is 0. The van der Waals surface area contributed by atoms with Crippen LogP contribution >= 0.6 is 24.0 Å². The van der Waals surface area contributed by atoms with Crippen molar-refractivity contribution in [1.29, 1.82) is 0 Å². The van der Waals surface area contributed by atoms with Crippen molar-refractivity contribution in [2.45, 2.75) is 25.4 Å². The number of rotatable bonds is 3. The Morgan fingerprint density at radius 3 is 2.77 bits per heavy atom. The number of nitrogens with two attached hydrogens (primary N) is 1. The van der Waals surface area contributed by atoms with Crippen molar-refractivity contribution in [3.05, 3.63) is 46.2 Å². The van der Waals surface area contributed by atoms with Crippen LogP contribution in [-0.2, 0) is 13.6 Å². The quantitative estimate of drug-likeness (QED) is 0.477. The molecule has 1 aromatic carbocycles. The lowest BCUT2D eigenvalue weighted by Gasteiger charge is -2.16. The Morgan fingerprint density at radius 2 is 2.09 bits per heavy atom. The zero-order valence-corrected chi connectivity index (χ0v) is 15.2. The van der Waals surface area contributed by atoms with E-state index in [-0.39, 0.29) is 29.5 Å². The number of hydrogen-bond donors (Lipinski definition) is 1. The molecule has 0 saturated heterocycles. The van der Waals surface area contributed by atoms with Gasteiger partial charge in [0.1, 0.15) is 0 Å². The average molecular weight is 412 g/mol. The minimum absolute atomic E-state index is 0. The van der Waals surface area contributed by atoms with Crippen molar-refractivity contribution in [2.24, 2.45) is 17.8 Å². The lowest BCUT2D eigenvalue weighted by atomic mass is 10.1. The van der Waals surface area contributed by atoms with Crippen molar-refractivity contribution >= 4 is 40.8 Å².